The number of carbonyl (C=O) groups excluding carboxylic acids is 1. The molecule has 0 spiro atoms. The van der Waals surface area contributed by atoms with E-state index in [1.807, 2.05) is 32.0 Å². The number of aromatic nitrogens is 2. The highest BCUT2D eigenvalue weighted by Crippen LogP contribution is 2.33. The Balaban J connectivity index is 1.61. The number of hydrogen-bond donors (Lipinski definition) is 2. The molecule has 0 unspecified atom stereocenters. The van der Waals surface area contributed by atoms with E-state index >= 15 is 0 Å². The van der Waals surface area contributed by atoms with Gasteiger partial charge in [0.1, 0.15) is 10.6 Å². The summed E-state index contributed by atoms with van der Waals surface area (Å²) in [5.74, 6) is 0.606. The summed E-state index contributed by atoms with van der Waals surface area (Å²) in [4.78, 5) is 22.9. The molecule has 0 atom stereocenters. The summed E-state index contributed by atoms with van der Waals surface area (Å²) in [5, 5.41) is 4.94. The average molecular weight is 393 g/mol. The molecule has 2 heterocycles. The highest BCUT2D eigenvalue weighted by molar-refractivity contribution is 7.99. The monoisotopic (exact) mass is 392 g/mol. The number of carbonyl (C=O) groups is 1. The van der Waals surface area contributed by atoms with Gasteiger partial charge >= 0.3 is 0 Å². The van der Waals surface area contributed by atoms with Crippen LogP contribution in [0.15, 0.2) is 29.4 Å². The largest absolute Gasteiger partial charge is 0.383 e. The molecule has 3 N–H and O–H groups in total. The molecule has 0 radical (unpaired) electrons. The first-order valence-corrected chi connectivity index (χ1v) is 9.79. The van der Waals surface area contributed by atoms with E-state index in [2.05, 4.69) is 15.3 Å². The molecule has 0 aliphatic carbocycles. The zero-order valence-corrected chi connectivity index (χ0v) is 16.2. The van der Waals surface area contributed by atoms with Gasteiger partial charge in [-0.25, -0.2) is 9.97 Å². The molecule has 2 aromatic heterocycles. The van der Waals surface area contributed by atoms with Gasteiger partial charge in [0.25, 0.3) is 0 Å². The molecule has 0 aliphatic rings. The summed E-state index contributed by atoms with van der Waals surface area (Å²) in [6.07, 6.45) is 0. The number of amides is 1. The topological polar surface area (TPSA) is 80.9 Å². The summed E-state index contributed by atoms with van der Waals surface area (Å²) in [6.45, 7) is 4.49. The zero-order valence-electron chi connectivity index (χ0n) is 13.8. The molecule has 3 aromatic rings. The fourth-order valence-corrected chi connectivity index (χ4v) is 4.34. The summed E-state index contributed by atoms with van der Waals surface area (Å²) in [5.41, 5.74) is 8.13. The number of rotatable bonds is 5. The third-order valence-corrected chi connectivity index (χ3v) is 5.93. The Labute approximate surface area is 159 Å². The van der Waals surface area contributed by atoms with E-state index in [0.717, 1.165) is 21.3 Å². The van der Waals surface area contributed by atoms with Gasteiger partial charge in [0.05, 0.1) is 11.1 Å². The van der Waals surface area contributed by atoms with E-state index in [0.29, 0.717) is 22.5 Å². The minimum absolute atomic E-state index is 0.0919. The number of nitrogens with zero attached hydrogens (tertiary/aromatic N) is 2. The zero-order chi connectivity index (χ0) is 18.0. The lowest BCUT2D eigenvalue weighted by Gasteiger charge is -2.06. The van der Waals surface area contributed by atoms with E-state index < -0.39 is 0 Å². The normalized spacial score (nSPS) is 11.0. The minimum Gasteiger partial charge on any atom is -0.383 e. The molecule has 3 rings (SSSR count). The first-order valence-electron chi connectivity index (χ1n) is 7.61. The molecule has 5 nitrogen and oxygen atoms in total. The molecule has 8 heteroatoms. The summed E-state index contributed by atoms with van der Waals surface area (Å²) in [6, 6.07) is 7.40. The van der Waals surface area contributed by atoms with Crippen LogP contribution in [0.2, 0.25) is 5.02 Å². The molecule has 0 bridgehead atoms. The van der Waals surface area contributed by atoms with Gasteiger partial charge in [-0.1, -0.05) is 35.5 Å². The van der Waals surface area contributed by atoms with Crippen LogP contribution >= 0.6 is 34.7 Å². The number of hydrogen-bond acceptors (Lipinski definition) is 6. The molecule has 130 valence electrons. The van der Waals surface area contributed by atoms with Gasteiger partial charge in [0, 0.05) is 16.4 Å². The van der Waals surface area contributed by atoms with Crippen molar-refractivity contribution in [3.63, 3.8) is 0 Å². The fraction of sp³-hybridized carbons (Fsp3) is 0.235. The number of thioether (sulfide) groups is 1. The number of benzene rings is 1. The minimum atomic E-state index is -0.0919. The number of nitrogens with two attached hydrogens (primary N) is 1. The third-order valence-electron chi connectivity index (χ3n) is 3.75. The fourth-order valence-electron chi connectivity index (χ4n) is 2.35. The number of halogens is 1. The van der Waals surface area contributed by atoms with Gasteiger partial charge < -0.3 is 11.1 Å². The smallest absolute Gasteiger partial charge is 0.230 e. The van der Waals surface area contributed by atoms with Crippen LogP contribution in [-0.4, -0.2) is 21.6 Å². The lowest BCUT2D eigenvalue weighted by atomic mass is 10.2. The van der Waals surface area contributed by atoms with Gasteiger partial charge in [0.2, 0.25) is 5.91 Å². The summed E-state index contributed by atoms with van der Waals surface area (Å²) < 4.78 is 0. The van der Waals surface area contributed by atoms with E-state index in [1.165, 1.54) is 16.6 Å². The van der Waals surface area contributed by atoms with E-state index in [1.54, 1.807) is 17.4 Å². The maximum atomic E-state index is 12.0. The van der Waals surface area contributed by atoms with E-state index in [4.69, 9.17) is 17.3 Å². The van der Waals surface area contributed by atoms with Gasteiger partial charge in [0.15, 0.2) is 5.16 Å². The first kappa shape index (κ1) is 18.0. The number of thiophene rings is 1. The van der Waals surface area contributed by atoms with E-state index in [-0.39, 0.29) is 11.7 Å². The number of nitrogen functional groups attached to an aromatic ring is 1. The quantitative estimate of drug-likeness (QED) is 0.507. The van der Waals surface area contributed by atoms with Crippen molar-refractivity contribution in [1.82, 2.24) is 15.3 Å². The Kier molecular flexibility index (Phi) is 5.46. The Morgan fingerprint density at radius 1 is 1.36 bits per heavy atom. The number of anilines is 1. The van der Waals surface area contributed by atoms with Crippen LogP contribution in [0, 0.1) is 13.8 Å². The molecule has 0 aliphatic heterocycles. The van der Waals surface area contributed by atoms with Gasteiger partial charge in [-0.3, -0.25) is 4.79 Å². The molecule has 0 saturated carbocycles. The first-order chi connectivity index (χ1) is 11.9. The Bertz CT molecular complexity index is 942. The average Bonchev–Trinajstić information content (AvgIpc) is 2.86. The Morgan fingerprint density at radius 2 is 2.16 bits per heavy atom. The maximum Gasteiger partial charge on any atom is 0.230 e. The lowest BCUT2D eigenvalue weighted by Crippen LogP contribution is -2.24. The predicted molar refractivity (Wildman–Crippen MR) is 105 cm³/mol. The van der Waals surface area contributed by atoms with Crippen molar-refractivity contribution in [2.75, 3.05) is 11.5 Å². The molecular formula is C17H17ClN4OS2. The van der Waals surface area contributed by atoms with Gasteiger partial charge in [-0.2, -0.15) is 0 Å². The number of aryl methyl sites for hydroxylation is 2. The lowest BCUT2D eigenvalue weighted by molar-refractivity contribution is -0.118. The van der Waals surface area contributed by atoms with Crippen molar-refractivity contribution in [1.29, 1.82) is 0 Å². The van der Waals surface area contributed by atoms with Crippen LogP contribution in [0.25, 0.3) is 10.2 Å². The summed E-state index contributed by atoms with van der Waals surface area (Å²) in [7, 11) is 0. The number of nitrogens with one attached hydrogen (secondary N) is 1. The predicted octanol–water partition coefficient (Wildman–Crippen LogP) is 3.95. The van der Waals surface area contributed by atoms with Crippen molar-refractivity contribution < 1.29 is 4.79 Å². The van der Waals surface area contributed by atoms with Crippen molar-refractivity contribution in [3.05, 3.63) is 45.3 Å². The standard InChI is InChI=1S/C17H17ClN4OS2/c1-9-10(2)25-16-14(9)15(19)21-17(22-16)24-8-13(23)20-7-11-4-3-5-12(18)6-11/h3-6H,7-8H2,1-2H3,(H,20,23)(H2,19,21,22). The van der Waals surface area contributed by atoms with Crippen molar-refractivity contribution >= 4 is 56.6 Å². The Hall–Kier alpha value is -1.83. The molecule has 0 fully saturated rings. The van der Waals surface area contributed by atoms with Crippen molar-refractivity contribution in [2.24, 2.45) is 0 Å². The second-order valence-corrected chi connectivity index (χ2v) is 8.13. The molecular weight excluding hydrogens is 376 g/mol. The number of fused-ring (bicyclic) bond motifs is 1. The molecule has 0 saturated heterocycles. The Morgan fingerprint density at radius 3 is 2.92 bits per heavy atom. The molecule has 1 aromatic carbocycles. The van der Waals surface area contributed by atoms with Crippen molar-refractivity contribution in [3.8, 4) is 0 Å². The second-order valence-electron chi connectivity index (χ2n) is 5.55. The third kappa shape index (κ3) is 4.23. The highest BCUT2D eigenvalue weighted by atomic mass is 35.5. The van der Waals surface area contributed by atoms with Crippen molar-refractivity contribution in [2.45, 2.75) is 25.5 Å². The molecule has 25 heavy (non-hydrogen) atoms. The van der Waals surface area contributed by atoms with Gasteiger partial charge in [-0.05, 0) is 37.1 Å². The highest BCUT2D eigenvalue weighted by Gasteiger charge is 2.13. The van der Waals surface area contributed by atoms with Crippen LogP contribution in [0.3, 0.4) is 0 Å². The SMILES string of the molecule is Cc1sc2nc(SCC(=O)NCc3cccc(Cl)c3)nc(N)c2c1C. The van der Waals surface area contributed by atoms with Crippen LogP contribution in [-0.2, 0) is 11.3 Å². The molecule has 1 amide bonds. The van der Waals surface area contributed by atoms with Crippen LogP contribution in [0.1, 0.15) is 16.0 Å². The van der Waals surface area contributed by atoms with Gasteiger partial charge in [-0.15, -0.1) is 11.3 Å². The summed E-state index contributed by atoms with van der Waals surface area (Å²) >= 11 is 8.80. The second kappa shape index (κ2) is 7.59. The van der Waals surface area contributed by atoms with Crippen LogP contribution in [0.4, 0.5) is 5.82 Å². The maximum absolute atomic E-state index is 12.0. The van der Waals surface area contributed by atoms with Crippen LogP contribution in [0.5, 0.6) is 0 Å². The van der Waals surface area contributed by atoms with E-state index in [9.17, 15) is 4.79 Å². The van der Waals surface area contributed by atoms with Crippen LogP contribution < -0.4 is 11.1 Å².